The summed E-state index contributed by atoms with van der Waals surface area (Å²) in [5, 5.41) is 0. The molecule has 0 atom stereocenters. The number of aryl methyl sites for hydroxylation is 2. The smallest absolute Gasteiger partial charge is 0.228 e. The summed E-state index contributed by atoms with van der Waals surface area (Å²) in [4.78, 5) is 11.5. The van der Waals surface area contributed by atoms with Crippen molar-refractivity contribution in [3.05, 3.63) is 47.2 Å². The van der Waals surface area contributed by atoms with E-state index < -0.39 is 0 Å². The van der Waals surface area contributed by atoms with E-state index in [1.165, 1.54) is 18.4 Å². The second-order valence-electron chi connectivity index (χ2n) is 6.59. The van der Waals surface area contributed by atoms with Crippen molar-refractivity contribution in [1.29, 1.82) is 0 Å². The molecule has 0 spiro atoms. The third-order valence-electron chi connectivity index (χ3n) is 4.35. The molecular formula is C19H25N3O. The summed E-state index contributed by atoms with van der Waals surface area (Å²) in [7, 11) is 0. The van der Waals surface area contributed by atoms with Gasteiger partial charge in [0.15, 0.2) is 0 Å². The first-order chi connectivity index (χ1) is 11.1. The molecule has 0 amide bonds. The number of anilines is 1. The number of hydrogen-bond donors (Lipinski definition) is 0. The van der Waals surface area contributed by atoms with Crippen LogP contribution in [-0.2, 0) is 6.61 Å². The van der Waals surface area contributed by atoms with Crippen molar-refractivity contribution in [3.8, 4) is 5.88 Å². The maximum Gasteiger partial charge on any atom is 0.228 e. The fourth-order valence-corrected chi connectivity index (χ4v) is 2.91. The van der Waals surface area contributed by atoms with Crippen molar-refractivity contribution in [2.45, 2.75) is 40.2 Å². The van der Waals surface area contributed by atoms with Crippen LogP contribution >= 0.6 is 0 Å². The Labute approximate surface area is 138 Å². The summed E-state index contributed by atoms with van der Waals surface area (Å²) in [5.74, 6) is 2.26. The maximum atomic E-state index is 5.90. The number of benzene rings is 1. The largest absolute Gasteiger partial charge is 0.473 e. The lowest BCUT2D eigenvalue weighted by molar-refractivity contribution is 0.292. The number of aromatic nitrogens is 2. The molecule has 0 N–H and O–H groups in total. The quantitative estimate of drug-likeness (QED) is 0.858. The molecule has 1 aliphatic heterocycles. The van der Waals surface area contributed by atoms with E-state index in [1.807, 2.05) is 13.0 Å². The van der Waals surface area contributed by atoms with Crippen molar-refractivity contribution in [2.24, 2.45) is 5.92 Å². The lowest BCUT2D eigenvalue weighted by Crippen LogP contribution is -2.34. The van der Waals surface area contributed by atoms with Crippen LogP contribution in [0.4, 0.5) is 5.95 Å². The molecule has 2 heterocycles. The fraction of sp³-hybridized carbons (Fsp3) is 0.474. The van der Waals surface area contributed by atoms with E-state index in [0.717, 1.165) is 36.2 Å². The van der Waals surface area contributed by atoms with Crippen molar-refractivity contribution in [2.75, 3.05) is 18.0 Å². The van der Waals surface area contributed by atoms with Crippen molar-refractivity contribution >= 4 is 5.95 Å². The van der Waals surface area contributed by atoms with Crippen LogP contribution in [0.1, 0.15) is 36.6 Å². The second kappa shape index (κ2) is 6.99. The predicted octanol–water partition coefficient (Wildman–Crippen LogP) is 3.91. The number of nitrogens with zero attached hydrogens (tertiary/aromatic N) is 3. The van der Waals surface area contributed by atoms with E-state index in [4.69, 9.17) is 4.74 Å². The van der Waals surface area contributed by atoms with Gasteiger partial charge in [-0.1, -0.05) is 36.8 Å². The average molecular weight is 311 g/mol. The highest BCUT2D eigenvalue weighted by atomic mass is 16.5. The first-order valence-corrected chi connectivity index (χ1v) is 8.39. The van der Waals surface area contributed by atoms with E-state index in [9.17, 15) is 0 Å². The Hall–Kier alpha value is -2.10. The minimum atomic E-state index is 0.536. The van der Waals surface area contributed by atoms with Gasteiger partial charge in [0.05, 0.1) is 0 Å². The zero-order valence-corrected chi connectivity index (χ0v) is 14.2. The number of piperidine rings is 1. The van der Waals surface area contributed by atoms with E-state index >= 15 is 0 Å². The summed E-state index contributed by atoms with van der Waals surface area (Å²) in [6.45, 7) is 8.99. The Bertz CT molecular complexity index is 663. The molecule has 0 saturated carbocycles. The highest BCUT2D eigenvalue weighted by molar-refractivity contribution is 5.35. The van der Waals surface area contributed by atoms with Crippen molar-refractivity contribution in [3.63, 3.8) is 0 Å². The van der Waals surface area contributed by atoms with Gasteiger partial charge in [-0.25, -0.2) is 4.98 Å². The van der Waals surface area contributed by atoms with Gasteiger partial charge in [-0.15, -0.1) is 0 Å². The molecule has 1 aromatic heterocycles. The maximum absolute atomic E-state index is 5.90. The van der Waals surface area contributed by atoms with Crippen molar-refractivity contribution in [1.82, 2.24) is 9.97 Å². The molecule has 0 unspecified atom stereocenters. The first-order valence-electron chi connectivity index (χ1n) is 8.39. The van der Waals surface area contributed by atoms with Gasteiger partial charge in [-0.2, -0.15) is 4.98 Å². The van der Waals surface area contributed by atoms with Gasteiger partial charge in [0.2, 0.25) is 11.8 Å². The summed E-state index contributed by atoms with van der Waals surface area (Å²) >= 11 is 0. The summed E-state index contributed by atoms with van der Waals surface area (Å²) in [6, 6.07) is 10.3. The van der Waals surface area contributed by atoms with Crippen LogP contribution in [0.25, 0.3) is 0 Å². The van der Waals surface area contributed by atoms with Crippen LogP contribution < -0.4 is 9.64 Å². The summed E-state index contributed by atoms with van der Waals surface area (Å²) < 4.78 is 5.90. The third kappa shape index (κ3) is 4.21. The van der Waals surface area contributed by atoms with Gasteiger partial charge in [-0.3, -0.25) is 0 Å². The van der Waals surface area contributed by atoms with Crippen LogP contribution in [-0.4, -0.2) is 23.1 Å². The molecule has 2 aromatic rings. The van der Waals surface area contributed by atoms with Gasteiger partial charge >= 0.3 is 0 Å². The molecule has 3 rings (SSSR count). The normalized spacial score (nSPS) is 15.7. The Balaban J connectivity index is 1.70. The topological polar surface area (TPSA) is 38.2 Å². The molecular weight excluding hydrogens is 286 g/mol. The minimum Gasteiger partial charge on any atom is -0.473 e. The van der Waals surface area contributed by atoms with E-state index in [-0.39, 0.29) is 0 Å². The van der Waals surface area contributed by atoms with E-state index in [1.54, 1.807) is 0 Å². The van der Waals surface area contributed by atoms with Gasteiger partial charge in [0.1, 0.15) is 6.61 Å². The van der Waals surface area contributed by atoms with Crippen LogP contribution in [0.15, 0.2) is 30.3 Å². The van der Waals surface area contributed by atoms with Crippen LogP contribution in [0.3, 0.4) is 0 Å². The summed E-state index contributed by atoms with van der Waals surface area (Å²) in [6.07, 6.45) is 2.41. The van der Waals surface area contributed by atoms with Gasteiger partial charge in [0.25, 0.3) is 0 Å². The monoisotopic (exact) mass is 311 g/mol. The molecule has 1 aromatic carbocycles. The highest BCUT2D eigenvalue weighted by Crippen LogP contribution is 2.22. The molecule has 1 fully saturated rings. The van der Waals surface area contributed by atoms with Gasteiger partial charge in [0, 0.05) is 24.8 Å². The molecule has 122 valence electrons. The molecule has 4 nitrogen and oxygen atoms in total. The number of rotatable bonds is 4. The Morgan fingerprint density at radius 3 is 2.65 bits per heavy atom. The van der Waals surface area contributed by atoms with Crippen molar-refractivity contribution < 1.29 is 4.74 Å². The zero-order valence-electron chi connectivity index (χ0n) is 14.2. The molecule has 23 heavy (non-hydrogen) atoms. The average Bonchev–Trinajstić information content (AvgIpc) is 2.53. The van der Waals surface area contributed by atoms with E-state index in [0.29, 0.717) is 12.5 Å². The molecule has 4 heteroatoms. The van der Waals surface area contributed by atoms with Crippen LogP contribution in [0.5, 0.6) is 5.88 Å². The highest BCUT2D eigenvalue weighted by Gasteiger charge is 2.18. The number of hydrogen-bond acceptors (Lipinski definition) is 4. The third-order valence-corrected chi connectivity index (χ3v) is 4.35. The van der Waals surface area contributed by atoms with Crippen LogP contribution in [0.2, 0.25) is 0 Å². The first kappa shape index (κ1) is 15.8. The predicted molar refractivity (Wildman–Crippen MR) is 92.9 cm³/mol. The Morgan fingerprint density at radius 2 is 1.91 bits per heavy atom. The fourth-order valence-electron chi connectivity index (χ4n) is 2.91. The summed E-state index contributed by atoms with van der Waals surface area (Å²) in [5.41, 5.74) is 3.36. The lowest BCUT2D eigenvalue weighted by atomic mass is 10.00. The molecule has 0 radical (unpaired) electrons. The lowest BCUT2D eigenvalue weighted by Gasteiger charge is -2.30. The zero-order chi connectivity index (χ0) is 16.2. The Kier molecular flexibility index (Phi) is 4.79. The molecule has 0 bridgehead atoms. The van der Waals surface area contributed by atoms with Gasteiger partial charge < -0.3 is 9.64 Å². The SMILES string of the molecule is Cc1cccc(COc2cc(C)nc(N3CCC(C)CC3)n2)c1. The number of ether oxygens (including phenoxy) is 1. The molecule has 1 aliphatic rings. The Morgan fingerprint density at radius 1 is 1.13 bits per heavy atom. The molecule has 0 aliphatic carbocycles. The standard InChI is InChI=1S/C19H25N3O/c1-14-7-9-22(10-8-14)19-20-16(3)12-18(21-19)23-13-17-6-4-5-15(2)11-17/h4-6,11-12,14H,7-10,13H2,1-3H3. The van der Waals surface area contributed by atoms with Gasteiger partial charge in [-0.05, 0) is 38.2 Å². The second-order valence-corrected chi connectivity index (χ2v) is 6.59. The van der Waals surface area contributed by atoms with Crippen LogP contribution in [0, 0.1) is 19.8 Å². The molecule has 1 saturated heterocycles. The van der Waals surface area contributed by atoms with E-state index in [2.05, 4.69) is 53.0 Å². The minimum absolute atomic E-state index is 0.536.